The van der Waals surface area contributed by atoms with Gasteiger partial charge in [0.2, 0.25) is 0 Å². The normalized spacial score (nSPS) is 16.7. The van der Waals surface area contributed by atoms with E-state index >= 15 is 0 Å². The van der Waals surface area contributed by atoms with Crippen LogP contribution in [0.2, 0.25) is 0 Å². The highest BCUT2D eigenvalue weighted by molar-refractivity contribution is 5.97. The van der Waals surface area contributed by atoms with Gasteiger partial charge in [0, 0.05) is 43.5 Å². The highest BCUT2D eigenvalue weighted by atomic mass is 19.1. The fourth-order valence-corrected chi connectivity index (χ4v) is 3.54. The largest absolute Gasteiger partial charge is 0.348 e. The van der Waals surface area contributed by atoms with Crippen molar-refractivity contribution in [3.63, 3.8) is 0 Å². The predicted molar refractivity (Wildman–Crippen MR) is 107 cm³/mol. The third-order valence-corrected chi connectivity index (χ3v) is 5.09. The highest BCUT2D eigenvalue weighted by Crippen LogP contribution is 2.19. The molecule has 0 spiro atoms. The first-order chi connectivity index (χ1) is 13.6. The first-order valence-electron chi connectivity index (χ1n) is 10.1. The van der Waals surface area contributed by atoms with Gasteiger partial charge in [-0.1, -0.05) is 19.4 Å². The van der Waals surface area contributed by atoms with Gasteiger partial charge in [0.25, 0.3) is 5.91 Å². The van der Waals surface area contributed by atoms with Crippen molar-refractivity contribution in [1.82, 2.24) is 15.2 Å². The number of piperidine rings is 1. The Labute approximate surface area is 165 Å². The number of ketones is 1. The summed E-state index contributed by atoms with van der Waals surface area (Å²) < 4.78 is 15.3. The van der Waals surface area contributed by atoms with Crippen molar-refractivity contribution in [3.8, 4) is 5.69 Å². The van der Waals surface area contributed by atoms with E-state index in [1.165, 1.54) is 12.1 Å². The first-order valence-corrected chi connectivity index (χ1v) is 10.1. The van der Waals surface area contributed by atoms with Crippen molar-refractivity contribution < 1.29 is 14.0 Å². The number of halogens is 1. The molecule has 1 aromatic carbocycles. The smallest absolute Gasteiger partial charge is 0.253 e. The SMILES string of the molecule is CCCCC(=O)Cc1cn(-c2cccc(F)c2)cc1C(=O)N[C@H]1CCCNC1. The van der Waals surface area contributed by atoms with E-state index in [-0.39, 0.29) is 30.0 Å². The van der Waals surface area contributed by atoms with Crippen molar-refractivity contribution in [2.75, 3.05) is 13.1 Å². The van der Waals surface area contributed by atoms with Gasteiger partial charge in [-0.2, -0.15) is 0 Å². The Morgan fingerprint density at radius 1 is 1.32 bits per heavy atom. The molecule has 1 amide bonds. The van der Waals surface area contributed by atoms with E-state index in [9.17, 15) is 14.0 Å². The van der Waals surface area contributed by atoms with Crippen molar-refractivity contribution in [2.24, 2.45) is 0 Å². The maximum atomic E-state index is 13.6. The number of aromatic nitrogens is 1. The first kappa shape index (κ1) is 20.3. The third-order valence-electron chi connectivity index (χ3n) is 5.09. The zero-order valence-electron chi connectivity index (χ0n) is 16.3. The molecule has 1 fully saturated rings. The second kappa shape index (κ2) is 9.64. The molecule has 0 bridgehead atoms. The van der Waals surface area contributed by atoms with E-state index in [4.69, 9.17) is 0 Å². The molecule has 6 heteroatoms. The molecular formula is C22H28FN3O2. The molecule has 0 aliphatic carbocycles. The van der Waals surface area contributed by atoms with Crippen LogP contribution in [0.4, 0.5) is 4.39 Å². The molecule has 1 atom stereocenters. The highest BCUT2D eigenvalue weighted by Gasteiger charge is 2.21. The second-order valence-electron chi connectivity index (χ2n) is 7.42. The molecule has 2 N–H and O–H groups in total. The molecule has 0 saturated carbocycles. The summed E-state index contributed by atoms with van der Waals surface area (Å²) in [6, 6.07) is 6.28. The predicted octanol–water partition coefficient (Wildman–Crippen LogP) is 3.40. The van der Waals surface area contributed by atoms with Crippen LogP contribution < -0.4 is 10.6 Å². The monoisotopic (exact) mass is 385 g/mol. The van der Waals surface area contributed by atoms with E-state index in [0.29, 0.717) is 23.2 Å². The summed E-state index contributed by atoms with van der Waals surface area (Å²) in [4.78, 5) is 25.2. The summed E-state index contributed by atoms with van der Waals surface area (Å²) in [5.74, 6) is -0.402. The summed E-state index contributed by atoms with van der Waals surface area (Å²) in [5.41, 5.74) is 1.80. The van der Waals surface area contributed by atoms with Gasteiger partial charge < -0.3 is 15.2 Å². The van der Waals surface area contributed by atoms with E-state index in [1.807, 2.05) is 6.92 Å². The molecule has 5 nitrogen and oxygen atoms in total. The Morgan fingerprint density at radius 2 is 2.18 bits per heavy atom. The van der Waals surface area contributed by atoms with Crippen LogP contribution in [-0.4, -0.2) is 35.4 Å². The Kier molecular flexibility index (Phi) is 6.98. The van der Waals surface area contributed by atoms with Gasteiger partial charge in [0.1, 0.15) is 11.6 Å². The summed E-state index contributed by atoms with van der Waals surface area (Å²) in [5, 5.41) is 6.35. The van der Waals surface area contributed by atoms with Crippen molar-refractivity contribution in [3.05, 3.63) is 53.6 Å². The number of carbonyl (C=O) groups is 2. The maximum absolute atomic E-state index is 13.6. The molecule has 1 saturated heterocycles. The lowest BCUT2D eigenvalue weighted by atomic mass is 10.0. The van der Waals surface area contributed by atoms with Crippen LogP contribution in [0.15, 0.2) is 36.7 Å². The van der Waals surface area contributed by atoms with Gasteiger partial charge in [-0.05, 0) is 49.6 Å². The van der Waals surface area contributed by atoms with Crippen LogP contribution in [0.5, 0.6) is 0 Å². The average molecular weight is 385 g/mol. The van der Waals surface area contributed by atoms with Crippen LogP contribution in [0.1, 0.15) is 54.9 Å². The summed E-state index contributed by atoms with van der Waals surface area (Å²) in [6.45, 7) is 3.77. The number of benzene rings is 1. The number of nitrogens with one attached hydrogen (secondary N) is 2. The minimum absolute atomic E-state index is 0.0856. The number of hydrogen-bond donors (Lipinski definition) is 2. The Hall–Kier alpha value is -2.47. The molecule has 28 heavy (non-hydrogen) atoms. The number of amides is 1. The minimum atomic E-state index is -0.342. The quantitative estimate of drug-likeness (QED) is 0.732. The Balaban J connectivity index is 1.84. The summed E-state index contributed by atoms with van der Waals surface area (Å²) >= 11 is 0. The summed E-state index contributed by atoms with van der Waals surface area (Å²) in [7, 11) is 0. The molecule has 2 heterocycles. The lowest BCUT2D eigenvalue weighted by molar-refractivity contribution is -0.118. The van der Waals surface area contributed by atoms with Crippen molar-refractivity contribution in [2.45, 2.75) is 51.5 Å². The van der Waals surface area contributed by atoms with Crippen LogP contribution in [0.25, 0.3) is 5.69 Å². The molecule has 150 valence electrons. The second-order valence-corrected chi connectivity index (χ2v) is 7.42. The average Bonchev–Trinajstić information content (AvgIpc) is 3.11. The molecule has 3 rings (SSSR count). The lowest BCUT2D eigenvalue weighted by Gasteiger charge is -2.23. The molecule has 0 unspecified atom stereocenters. The lowest BCUT2D eigenvalue weighted by Crippen LogP contribution is -2.45. The van der Waals surface area contributed by atoms with Crippen LogP contribution in [0, 0.1) is 5.82 Å². The standard InChI is InChI=1S/C22H28FN3O2/c1-2-3-9-20(27)11-16-14-26(19-8-4-6-17(23)12-19)15-21(16)22(28)25-18-7-5-10-24-13-18/h4,6,8,12,14-15,18,24H,2-3,5,7,9-11,13H2,1H3,(H,25,28)/t18-/m0/s1. The van der Waals surface area contributed by atoms with Crippen LogP contribution >= 0.6 is 0 Å². The number of rotatable bonds is 8. The van der Waals surface area contributed by atoms with E-state index in [0.717, 1.165) is 38.8 Å². The van der Waals surface area contributed by atoms with E-state index < -0.39 is 0 Å². The summed E-state index contributed by atoms with van der Waals surface area (Å²) in [6.07, 6.45) is 7.96. The molecular weight excluding hydrogens is 357 g/mol. The number of hydrogen-bond acceptors (Lipinski definition) is 3. The minimum Gasteiger partial charge on any atom is -0.348 e. The van der Waals surface area contributed by atoms with Gasteiger partial charge >= 0.3 is 0 Å². The van der Waals surface area contributed by atoms with E-state index in [1.54, 1.807) is 29.1 Å². The number of nitrogens with zero attached hydrogens (tertiary/aromatic N) is 1. The van der Waals surface area contributed by atoms with Gasteiger partial charge in [-0.3, -0.25) is 9.59 Å². The molecule has 1 aliphatic heterocycles. The van der Waals surface area contributed by atoms with E-state index in [2.05, 4.69) is 10.6 Å². The fourth-order valence-electron chi connectivity index (χ4n) is 3.54. The molecule has 2 aromatic rings. The number of unbranched alkanes of at least 4 members (excludes halogenated alkanes) is 1. The molecule has 1 aliphatic rings. The third kappa shape index (κ3) is 5.29. The maximum Gasteiger partial charge on any atom is 0.253 e. The van der Waals surface area contributed by atoms with Gasteiger partial charge in [-0.15, -0.1) is 0 Å². The van der Waals surface area contributed by atoms with Crippen LogP contribution in [0.3, 0.4) is 0 Å². The van der Waals surface area contributed by atoms with Gasteiger partial charge in [0.05, 0.1) is 5.56 Å². The molecule has 1 aromatic heterocycles. The zero-order valence-corrected chi connectivity index (χ0v) is 16.3. The number of Topliss-reactive ketones (excluding diaryl/α,β-unsaturated/α-hetero) is 1. The molecule has 0 radical (unpaired) electrons. The van der Waals surface area contributed by atoms with Crippen molar-refractivity contribution >= 4 is 11.7 Å². The van der Waals surface area contributed by atoms with Crippen molar-refractivity contribution in [1.29, 1.82) is 0 Å². The number of carbonyl (C=O) groups excluding carboxylic acids is 2. The fraction of sp³-hybridized carbons (Fsp3) is 0.455. The topological polar surface area (TPSA) is 63.1 Å². The zero-order chi connectivity index (χ0) is 19.9. The Morgan fingerprint density at radius 3 is 2.89 bits per heavy atom. The Bertz CT molecular complexity index is 825. The van der Waals surface area contributed by atoms with Crippen LogP contribution in [-0.2, 0) is 11.2 Å². The van der Waals surface area contributed by atoms with Gasteiger partial charge in [-0.25, -0.2) is 4.39 Å². The van der Waals surface area contributed by atoms with Gasteiger partial charge in [0.15, 0.2) is 0 Å².